The number of piperidine rings is 1. The second-order valence-corrected chi connectivity index (χ2v) is 11.0. The highest BCUT2D eigenvalue weighted by molar-refractivity contribution is 6.31. The molecule has 2 aliphatic heterocycles. The van der Waals surface area contributed by atoms with Crippen LogP contribution in [0.15, 0.2) is 29.2 Å². The van der Waals surface area contributed by atoms with Gasteiger partial charge >= 0.3 is 0 Å². The maximum Gasteiger partial charge on any atom is 0.269 e. The Bertz CT molecular complexity index is 1340. The first-order valence-electron chi connectivity index (χ1n) is 12.7. The Morgan fingerprint density at radius 2 is 1.86 bits per heavy atom. The molecule has 4 heterocycles. The molecule has 1 N–H and O–H groups in total. The maximum atomic E-state index is 12.3. The van der Waals surface area contributed by atoms with Crippen molar-refractivity contribution < 1.29 is 4.79 Å². The second kappa shape index (κ2) is 9.14. The first kappa shape index (κ1) is 24.1. The van der Waals surface area contributed by atoms with Crippen molar-refractivity contribution in [3.63, 3.8) is 0 Å². The molecular weight excluding hydrogens is 460 g/mol. The number of pyridine rings is 1. The van der Waals surface area contributed by atoms with E-state index in [2.05, 4.69) is 41.9 Å². The molecule has 0 spiro atoms. The van der Waals surface area contributed by atoms with Crippen LogP contribution in [0.3, 0.4) is 0 Å². The van der Waals surface area contributed by atoms with E-state index in [1.807, 2.05) is 18.0 Å². The quantitative estimate of drug-likeness (QED) is 0.553. The van der Waals surface area contributed by atoms with Crippen LogP contribution in [0.1, 0.15) is 62.1 Å². The Hall–Kier alpha value is -2.57. The van der Waals surface area contributed by atoms with Crippen molar-refractivity contribution in [2.45, 2.75) is 58.4 Å². The molecule has 0 bridgehead atoms. The Labute approximate surface area is 211 Å². The summed E-state index contributed by atoms with van der Waals surface area (Å²) < 4.78 is 1.57. The number of likely N-dealkylation sites (tertiary alicyclic amines) is 2. The standard InChI is InChI=1S/C28H35ClN4O2/c1-16(2)25-22-12-20(19-8-10-32(11-9-19)21-13-33(14-21)18(4)34)6-7-24(22)30-27(25)23-15-31(5)28(35)26(29)17(23)3/h6-7,12,15-16,19,21,30H,8-11,13-14H2,1-5H3. The van der Waals surface area contributed by atoms with E-state index in [0.29, 0.717) is 17.9 Å². The number of benzene rings is 1. The highest BCUT2D eigenvalue weighted by atomic mass is 35.5. The summed E-state index contributed by atoms with van der Waals surface area (Å²) in [4.78, 5) is 32.0. The highest BCUT2D eigenvalue weighted by Gasteiger charge is 2.35. The molecule has 3 aromatic rings. The van der Waals surface area contributed by atoms with E-state index in [4.69, 9.17) is 11.6 Å². The minimum atomic E-state index is -0.167. The van der Waals surface area contributed by atoms with Gasteiger partial charge in [-0.15, -0.1) is 0 Å². The van der Waals surface area contributed by atoms with Crippen LogP contribution in [0, 0.1) is 6.92 Å². The lowest BCUT2D eigenvalue weighted by atomic mass is 9.86. The Kier molecular flexibility index (Phi) is 6.30. The number of nitrogens with zero attached hydrogens (tertiary/aromatic N) is 3. The molecule has 7 heteroatoms. The Morgan fingerprint density at radius 3 is 2.49 bits per heavy atom. The number of aromatic amines is 1. The van der Waals surface area contributed by atoms with Gasteiger partial charge in [-0.3, -0.25) is 14.5 Å². The van der Waals surface area contributed by atoms with Crippen molar-refractivity contribution in [1.29, 1.82) is 0 Å². The van der Waals surface area contributed by atoms with Crippen LogP contribution in [0.4, 0.5) is 0 Å². The first-order valence-corrected chi connectivity index (χ1v) is 13.0. The van der Waals surface area contributed by atoms with Crippen molar-refractivity contribution >= 4 is 28.4 Å². The van der Waals surface area contributed by atoms with E-state index in [-0.39, 0.29) is 16.5 Å². The highest BCUT2D eigenvalue weighted by Crippen LogP contribution is 2.40. The normalized spacial score (nSPS) is 18.0. The third-order valence-electron chi connectivity index (χ3n) is 8.10. The fourth-order valence-corrected chi connectivity index (χ4v) is 6.11. The number of carbonyl (C=O) groups excluding carboxylic acids is 1. The average molecular weight is 495 g/mol. The third-order valence-corrected chi connectivity index (χ3v) is 8.54. The molecule has 186 valence electrons. The molecule has 0 saturated carbocycles. The Balaban J connectivity index is 1.43. The van der Waals surface area contributed by atoms with Crippen LogP contribution >= 0.6 is 11.6 Å². The van der Waals surface area contributed by atoms with Gasteiger partial charge in [0.15, 0.2) is 0 Å². The van der Waals surface area contributed by atoms with Crippen LogP contribution in [0.2, 0.25) is 5.02 Å². The number of nitrogens with one attached hydrogen (secondary N) is 1. The molecule has 0 aliphatic carbocycles. The van der Waals surface area contributed by atoms with Gasteiger partial charge < -0.3 is 14.5 Å². The van der Waals surface area contributed by atoms with Gasteiger partial charge in [-0.1, -0.05) is 31.5 Å². The number of fused-ring (bicyclic) bond motifs is 1. The van der Waals surface area contributed by atoms with Crippen LogP contribution in [-0.2, 0) is 11.8 Å². The summed E-state index contributed by atoms with van der Waals surface area (Å²) in [5, 5.41) is 1.54. The molecule has 0 unspecified atom stereocenters. The average Bonchev–Trinajstić information content (AvgIpc) is 3.18. The number of halogens is 1. The van der Waals surface area contributed by atoms with Crippen LogP contribution in [0.25, 0.3) is 22.2 Å². The second-order valence-electron chi connectivity index (χ2n) is 10.7. The SMILES string of the molecule is CC(=O)N1CC(N2CCC(c3ccc4[nH]c(-c5cn(C)c(=O)c(Cl)c5C)c(C(C)C)c4c3)CC2)C1. The molecule has 2 saturated heterocycles. The molecule has 35 heavy (non-hydrogen) atoms. The monoisotopic (exact) mass is 494 g/mol. The number of aromatic nitrogens is 2. The van der Waals surface area contributed by atoms with Crippen molar-refractivity contribution in [2.75, 3.05) is 26.2 Å². The van der Waals surface area contributed by atoms with Gasteiger partial charge in [-0.2, -0.15) is 0 Å². The van der Waals surface area contributed by atoms with Gasteiger partial charge in [-0.05, 0) is 73.5 Å². The van der Waals surface area contributed by atoms with E-state index >= 15 is 0 Å². The van der Waals surface area contributed by atoms with Gasteiger partial charge in [0.05, 0.1) is 5.69 Å². The van der Waals surface area contributed by atoms with Gasteiger partial charge in [0.2, 0.25) is 5.91 Å². The van der Waals surface area contributed by atoms with Crippen molar-refractivity contribution in [3.05, 3.63) is 56.5 Å². The lowest BCUT2D eigenvalue weighted by Gasteiger charge is -2.47. The zero-order valence-corrected chi connectivity index (χ0v) is 22.1. The summed E-state index contributed by atoms with van der Waals surface area (Å²) in [6.07, 6.45) is 4.18. The lowest BCUT2D eigenvalue weighted by Crippen LogP contribution is -2.61. The molecule has 1 aromatic carbocycles. The molecule has 2 aliphatic rings. The summed E-state index contributed by atoms with van der Waals surface area (Å²) in [5.41, 5.74) is 6.47. The fraction of sp³-hybridized carbons (Fsp3) is 0.500. The summed E-state index contributed by atoms with van der Waals surface area (Å²) >= 11 is 6.40. The van der Waals surface area contributed by atoms with Gasteiger partial charge in [0.1, 0.15) is 5.02 Å². The lowest BCUT2D eigenvalue weighted by molar-refractivity contribution is -0.136. The predicted molar refractivity (Wildman–Crippen MR) is 142 cm³/mol. The van der Waals surface area contributed by atoms with E-state index in [0.717, 1.165) is 61.4 Å². The number of aryl methyl sites for hydroxylation is 1. The molecule has 1 amide bonds. The molecule has 0 radical (unpaired) electrons. The molecular formula is C28H35ClN4O2. The maximum absolute atomic E-state index is 12.3. The smallest absolute Gasteiger partial charge is 0.269 e. The largest absolute Gasteiger partial charge is 0.354 e. The van der Waals surface area contributed by atoms with E-state index in [1.54, 1.807) is 18.5 Å². The topological polar surface area (TPSA) is 61.3 Å². The number of hydrogen-bond donors (Lipinski definition) is 1. The number of carbonyl (C=O) groups is 1. The number of rotatable bonds is 4. The summed E-state index contributed by atoms with van der Waals surface area (Å²) in [6, 6.07) is 7.39. The van der Waals surface area contributed by atoms with Crippen LogP contribution in [-0.4, -0.2) is 57.5 Å². The zero-order valence-electron chi connectivity index (χ0n) is 21.3. The zero-order chi connectivity index (χ0) is 25.0. The third kappa shape index (κ3) is 4.21. The molecule has 2 fully saturated rings. The summed E-state index contributed by atoms with van der Waals surface area (Å²) in [6.45, 7) is 12.0. The van der Waals surface area contributed by atoms with Gasteiger partial charge in [-0.25, -0.2) is 0 Å². The van der Waals surface area contributed by atoms with E-state index in [1.165, 1.54) is 16.5 Å². The van der Waals surface area contributed by atoms with Crippen LogP contribution < -0.4 is 5.56 Å². The van der Waals surface area contributed by atoms with E-state index < -0.39 is 0 Å². The van der Waals surface area contributed by atoms with Crippen molar-refractivity contribution in [3.8, 4) is 11.3 Å². The number of H-pyrrole nitrogens is 1. The number of amides is 1. The first-order chi connectivity index (χ1) is 16.7. The van der Waals surface area contributed by atoms with Crippen molar-refractivity contribution in [2.24, 2.45) is 7.05 Å². The summed E-state index contributed by atoms with van der Waals surface area (Å²) in [5.74, 6) is 1.05. The number of hydrogen-bond acceptors (Lipinski definition) is 3. The Morgan fingerprint density at radius 1 is 1.17 bits per heavy atom. The predicted octanol–water partition coefficient (Wildman–Crippen LogP) is 5.03. The van der Waals surface area contributed by atoms with E-state index in [9.17, 15) is 9.59 Å². The van der Waals surface area contributed by atoms with Gasteiger partial charge in [0, 0.05) is 55.8 Å². The molecule has 0 atom stereocenters. The van der Waals surface area contributed by atoms with Crippen molar-refractivity contribution in [1.82, 2.24) is 19.4 Å². The molecule has 5 rings (SSSR count). The molecule has 6 nitrogen and oxygen atoms in total. The summed E-state index contributed by atoms with van der Waals surface area (Å²) in [7, 11) is 1.75. The minimum Gasteiger partial charge on any atom is -0.354 e. The van der Waals surface area contributed by atoms with Gasteiger partial charge in [0.25, 0.3) is 5.56 Å². The van der Waals surface area contributed by atoms with Crippen LogP contribution in [0.5, 0.6) is 0 Å². The fourth-order valence-electron chi connectivity index (χ4n) is 5.87. The minimum absolute atomic E-state index is 0.167. The molecule has 2 aromatic heterocycles.